The van der Waals surface area contributed by atoms with E-state index >= 15 is 0 Å². The molecule has 0 saturated heterocycles. The maximum absolute atomic E-state index is 11.1. The molecule has 1 aromatic rings. The summed E-state index contributed by atoms with van der Waals surface area (Å²) in [5.41, 5.74) is 0. The minimum Gasteiger partial charge on any atom is -0.354 e. The van der Waals surface area contributed by atoms with E-state index < -0.39 is 0 Å². The Morgan fingerprint density at radius 3 is 3.15 bits per heavy atom. The van der Waals surface area contributed by atoms with Gasteiger partial charge in [0.05, 0.1) is 6.20 Å². The third kappa shape index (κ3) is 3.38. The van der Waals surface area contributed by atoms with Gasteiger partial charge in [-0.15, -0.1) is 17.4 Å². The highest BCUT2D eigenvalue weighted by Gasteiger charge is 2.00. The van der Waals surface area contributed by atoms with Crippen molar-refractivity contribution >= 4 is 5.91 Å². The van der Waals surface area contributed by atoms with E-state index in [1.807, 2.05) is 0 Å². The molecule has 0 bridgehead atoms. The number of carbonyl (C=O) groups excluding carboxylic acids is 1. The van der Waals surface area contributed by atoms with Crippen molar-refractivity contribution in [3.63, 3.8) is 0 Å². The van der Waals surface area contributed by atoms with Crippen LogP contribution in [-0.2, 0) is 11.3 Å². The molecule has 0 unspecified atom stereocenters. The third-order valence-corrected chi connectivity index (χ3v) is 1.37. The van der Waals surface area contributed by atoms with E-state index in [1.165, 1.54) is 10.9 Å². The number of terminal acetylenes is 1. The molecule has 1 rings (SSSR count). The van der Waals surface area contributed by atoms with Crippen LogP contribution in [0.2, 0.25) is 0 Å². The highest BCUT2D eigenvalue weighted by Crippen LogP contribution is 1.81. The lowest BCUT2D eigenvalue weighted by molar-refractivity contribution is -0.121. The van der Waals surface area contributed by atoms with Gasteiger partial charge in [-0.2, -0.15) is 0 Å². The van der Waals surface area contributed by atoms with E-state index in [2.05, 4.69) is 21.5 Å². The molecule has 0 saturated carbocycles. The normalized spacial score (nSPS) is 9.15. The molecule has 1 amide bonds. The van der Waals surface area contributed by atoms with Crippen LogP contribution < -0.4 is 5.32 Å². The van der Waals surface area contributed by atoms with Gasteiger partial charge in [0.2, 0.25) is 5.91 Å². The summed E-state index contributed by atoms with van der Waals surface area (Å²) in [5, 5.41) is 9.87. The molecule has 1 aromatic heterocycles. The van der Waals surface area contributed by atoms with Crippen molar-refractivity contribution in [1.82, 2.24) is 20.3 Å². The van der Waals surface area contributed by atoms with Crippen LogP contribution in [0.4, 0.5) is 0 Å². The van der Waals surface area contributed by atoms with Crippen LogP contribution in [0.25, 0.3) is 0 Å². The summed E-state index contributed by atoms with van der Waals surface area (Å²) in [7, 11) is 0. The molecule has 1 N–H and O–H groups in total. The average Bonchev–Trinajstić information content (AvgIpc) is 2.57. The first-order chi connectivity index (χ1) is 6.33. The summed E-state index contributed by atoms with van der Waals surface area (Å²) in [6.07, 6.45) is 8.71. The van der Waals surface area contributed by atoms with Gasteiger partial charge in [0, 0.05) is 19.2 Å². The Kier molecular flexibility index (Phi) is 3.51. The van der Waals surface area contributed by atoms with Crippen molar-refractivity contribution in [3.8, 4) is 12.3 Å². The van der Waals surface area contributed by atoms with E-state index in [0.29, 0.717) is 13.0 Å². The summed E-state index contributed by atoms with van der Waals surface area (Å²) in [4.78, 5) is 11.1. The molecule has 1 heterocycles. The molecule has 5 nitrogen and oxygen atoms in total. The molecule has 5 heteroatoms. The van der Waals surface area contributed by atoms with E-state index in [1.54, 1.807) is 6.20 Å². The summed E-state index contributed by atoms with van der Waals surface area (Å²) in [6, 6.07) is 0. The Morgan fingerprint density at radius 2 is 2.54 bits per heavy atom. The van der Waals surface area contributed by atoms with Crippen LogP contribution in [0.1, 0.15) is 6.42 Å². The molecule has 68 valence electrons. The number of rotatable bonds is 4. The van der Waals surface area contributed by atoms with Crippen molar-refractivity contribution in [1.29, 1.82) is 0 Å². The Bertz CT molecular complexity index is 298. The van der Waals surface area contributed by atoms with Crippen LogP contribution in [0.15, 0.2) is 12.4 Å². The van der Waals surface area contributed by atoms with Gasteiger partial charge in [-0.3, -0.25) is 4.79 Å². The molecule has 0 fully saturated rings. The van der Waals surface area contributed by atoms with Crippen molar-refractivity contribution < 1.29 is 4.79 Å². The molecule has 0 aliphatic heterocycles. The van der Waals surface area contributed by atoms with E-state index in [0.717, 1.165) is 0 Å². The molecule has 0 radical (unpaired) electrons. The van der Waals surface area contributed by atoms with Gasteiger partial charge < -0.3 is 5.32 Å². The first-order valence-electron chi connectivity index (χ1n) is 3.87. The summed E-state index contributed by atoms with van der Waals surface area (Å²) in [6.45, 7) is 0.689. The first-order valence-corrected chi connectivity index (χ1v) is 3.87. The standard InChI is InChI=1S/C8H10N4O/c1-2-3-4-9-8(13)7-12-6-5-10-11-12/h1,5-6H,3-4,7H2,(H,9,13). The predicted octanol–water partition coefficient (Wildman–Crippen LogP) is -0.582. The van der Waals surface area contributed by atoms with Gasteiger partial charge in [0.1, 0.15) is 6.54 Å². The highest BCUT2D eigenvalue weighted by molar-refractivity contribution is 5.75. The molecular formula is C8H10N4O. The summed E-state index contributed by atoms with van der Waals surface area (Å²) in [5.74, 6) is 2.32. The molecule has 0 aromatic carbocycles. The second-order valence-electron chi connectivity index (χ2n) is 2.40. The quantitative estimate of drug-likeness (QED) is 0.495. The predicted molar refractivity (Wildman–Crippen MR) is 46.5 cm³/mol. The lowest BCUT2D eigenvalue weighted by Crippen LogP contribution is -2.28. The Hall–Kier alpha value is -1.83. The van der Waals surface area contributed by atoms with Crippen LogP contribution in [0, 0.1) is 12.3 Å². The second kappa shape index (κ2) is 4.93. The van der Waals surface area contributed by atoms with Gasteiger partial charge in [-0.05, 0) is 0 Å². The summed E-state index contributed by atoms with van der Waals surface area (Å²) >= 11 is 0. The van der Waals surface area contributed by atoms with Crippen molar-refractivity contribution in [3.05, 3.63) is 12.4 Å². The van der Waals surface area contributed by atoms with Gasteiger partial charge in [-0.1, -0.05) is 5.21 Å². The van der Waals surface area contributed by atoms with Crippen molar-refractivity contribution in [2.75, 3.05) is 6.54 Å². The molecule has 0 spiro atoms. The zero-order chi connectivity index (χ0) is 9.52. The molecular weight excluding hydrogens is 168 g/mol. The number of nitrogens with zero attached hydrogens (tertiary/aromatic N) is 3. The van der Waals surface area contributed by atoms with Gasteiger partial charge in [-0.25, -0.2) is 4.68 Å². The fraction of sp³-hybridized carbons (Fsp3) is 0.375. The molecule has 0 aliphatic carbocycles. The number of amides is 1. The Balaban J connectivity index is 2.23. The van der Waals surface area contributed by atoms with Gasteiger partial charge >= 0.3 is 0 Å². The molecule has 0 atom stereocenters. The van der Waals surface area contributed by atoms with E-state index in [-0.39, 0.29) is 12.5 Å². The fourth-order valence-corrected chi connectivity index (χ4v) is 0.794. The van der Waals surface area contributed by atoms with Crippen LogP contribution >= 0.6 is 0 Å². The first kappa shape index (κ1) is 9.26. The van der Waals surface area contributed by atoms with Crippen LogP contribution in [-0.4, -0.2) is 27.4 Å². The number of carbonyl (C=O) groups is 1. The number of aromatic nitrogens is 3. The second-order valence-corrected chi connectivity index (χ2v) is 2.40. The minimum atomic E-state index is -0.110. The van der Waals surface area contributed by atoms with Crippen molar-refractivity contribution in [2.24, 2.45) is 0 Å². The maximum atomic E-state index is 11.1. The lowest BCUT2D eigenvalue weighted by atomic mass is 10.4. The number of nitrogens with one attached hydrogen (secondary N) is 1. The van der Waals surface area contributed by atoms with Crippen LogP contribution in [0.5, 0.6) is 0 Å². The molecule has 13 heavy (non-hydrogen) atoms. The number of hydrogen-bond donors (Lipinski definition) is 1. The highest BCUT2D eigenvalue weighted by atomic mass is 16.2. The zero-order valence-corrected chi connectivity index (χ0v) is 7.10. The van der Waals surface area contributed by atoms with Crippen molar-refractivity contribution in [2.45, 2.75) is 13.0 Å². The van der Waals surface area contributed by atoms with E-state index in [9.17, 15) is 4.79 Å². The fourth-order valence-electron chi connectivity index (χ4n) is 0.794. The lowest BCUT2D eigenvalue weighted by Gasteiger charge is -2.01. The SMILES string of the molecule is C#CCCNC(=O)Cn1ccnn1. The van der Waals surface area contributed by atoms with E-state index in [4.69, 9.17) is 6.42 Å². The minimum absolute atomic E-state index is 0.110. The average molecular weight is 178 g/mol. The number of hydrogen-bond acceptors (Lipinski definition) is 3. The topological polar surface area (TPSA) is 59.8 Å². The summed E-state index contributed by atoms with van der Waals surface area (Å²) < 4.78 is 1.45. The van der Waals surface area contributed by atoms with Crippen LogP contribution in [0.3, 0.4) is 0 Å². The maximum Gasteiger partial charge on any atom is 0.241 e. The molecule has 0 aliphatic rings. The zero-order valence-electron chi connectivity index (χ0n) is 7.10. The largest absolute Gasteiger partial charge is 0.354 e. The van der Waals surface area contributed by atoms with Gasteiger partial charge in [0.15, 0.2) is 0 Å². The Labute approximate surface area is 76.1 Å². The monoisotopic (exact) mass is 178 g/mol. The third-order valence-electron chi connectivity index (χ3n) is 1.37. The van der Waals surface area contributed by atoms with Gasteiger partial charge in [0.25, 0.3) is 0 Å². The Morgan fingerprint density at radius 1 is 1.69 bits per heavy atom. The smallest absolute Gasteiger partial charge is 0.241 e.